The van der Waals surface area contributed by atoms with Gasteiger partial charge in [-0.2, -0.15) is 5.26 Å². The van der Waals surface area contributed by atoms with Gasteiger partial charge in [-0.05, 0) is 74.2 Å². The van der Waals surface area contributed by atoms with Gasteiger partial charge in [-0.3, -0.25) is 9.78 Å². The first-order chi connectivity index (χ1) is 24.8. The lowest BCUT2D eigenvalue weighted by Gasteiger charge is -2.24. The third-order valence-electron chi connectivity index (χ3n) is 9.98. The minimum absolute atomic E-state index is 0.0731. The van der Waals surface area contributed by atoms with Gasteiger partial charge in [0, 0.05) is 73.2 Å². The Bertz CT molecular complexity index is 1940. The van der Waals surface area contributed by atoms with Crippen molar-refractivity contribution in [2.75, 3.05) is 33.3 Å². The Balaban J connectivity index is 1.11. The van der Waals surface area contributed by atoms with E-state index in [2.05, 4.69) is 57.9 Å². The Labute approximate surface area is 308 Å². The number of likely N-dealkylation sites (tertiary alicyclic amines) is 1. The summed E-state index contributed by atoms with van der Waals surface area (Å²) >= 11 is 13.9. The summed E-state index contributed by atoms with van der Waals surface area (Å²) in [5.74, 6) is 2.43. The highest BCUT2D eigenvalue weighted by Crippen LogP contribution is 2.45. The van der Waals surface area contributed by atoms with Crippen LogP contribution in [0.1, 0.15) is 59.6 Å². The van der Waals surface area contributed by atoms with Gasteiger partial charge in [-0.15, -0.1) is 0 Å². The minimum atomic E-state index is -0.214. The van der Waals surface area contributed by atoms with Crippen LogP contribution in [0.5, 0.6) is 17.2 Å². The Morgan fingerprint density at radius 3 is 2.67 bits per heavy atom. The monoisotopic (exact) mass is 725 g/mol. The molecule has 264 valence electrons. The van der Waals surface area contributed by atoms with Crippen LogP contribution in [0.4, 0.5) is 0 Å². The number of nitrogens with zero attached hydrogens (tertiary/aromatic N) is 3. The Morgan fingerprint density at radius 2 is 1.86 bits per heavy atom. The number of pyridine rings is 1. The van der Waals surface area contributed by atoms with Crippen LogP contribution in [-0.4, -0.2) is 55.1 Å². The third-order valence-corrected chi connectivity index (χ3v) is 10.7. The van der Waals surface area contributed by atoms with Crippen LogP contribution in [0.2, 0.25) is 10.0 Å². The number of nitrogens with one attached hydrogen (secondary N) is 2. The Morgan fingerprint density at radius 1 is 1.00 bits per heavy atom. The van der Waals surface area contributed by atoms with E-state index in [1.807, 2.05) is 24.3 Å². The zero-order valence-corrected chi connectivity index (χ0v) is 30.1. The number of piperidine rings is 1. The second-order valence-corrected chi connectivity index (χ2v) is 14.4. The smallest absolute Gasteiger partial charge is 0.220 e. The molecule has 2 saturated heterocycles. The number of carbonyl (C=O) groups is 1. The Hall–Kier alpha value is -4.33. The summed E-state index contributed by atoms with van der Waals surface area (Å²) in [5, 5.41) is 16.9. The van der Waals surface area contributed by atoms with Crippen molar-refractivity contribution in [3.8, 4) is 34.4 Å². The molecule has 2 fully saturated rings. The van der Waals surface area contributed by atoms with Crippen LogP contribution in [-0.2, 0) is 24.4 Å². The second-order valence-electron chi connectivity index (χ2n) is 13.7. The first-order valence-electron chi connectivity index (χ1n) is 17.5. The van der Waals surface area contributed by atoms with Crippen LogP contribution >= 0.6 is 23.2 Å². The molecule has 9 nitrogen and oxygen atoms in total. The van der Waals surface area contributed by atoms with E-state index in [4.69, 9.17) is 37.4 Å². The molecule has 1 amide bonds. The lowest BCUT2D eigenvalue weighted by Crippen LogP contribution is -2.45. The van der Waals surface area contributed by atoms with E-state index in [9.17, 15) is 10.1 Å². The highest BCUT2D eigenvalue weighted by molar-refractivity contribution is 6.35. The van der Waals surface area contributed by atoms with Gasteiger partial charge >= 0.3 is 0 Å². The van der Waals surface area contributed by atoms with E-state index in [-0.39, 0.29) is 24.7 Å². The van der Waals surface area contributed by atoms with Crippen LogP contribution in [0.15, 0.2) is 67.0 Å². The maximum absolute atomic E-state index is 11.7. The molecule has 2 N–H and O–H groups in total. The number of nitriles is 1. The maximum atomic E-state index is 11.7. The molecule has 0 bridgehead atoms. The van der Waals surface area contributed by atoms with E-state index < -0.39 is 0 Å². The van der Waals surface area contributed by atoms with Crippen molar-refractivity contribution in [1.29, 1.82) is 5.26 Å². The molecule has 2 aliphatic heterocycles. The number of halogens is 2. The fourth-order valence-corrected chi connectivity index (χ4v) is 7.75. The highest BCUT2D eigenvalue weighted by Gasteiger charge is 2.29. The first kappa shape index (κ1) is 35.1. The fraction of sp³-hybridized carbons (Fsp3) is 0.375. The molecule has 0 saturated carbocycles. The molecule has 7 rings (SSSR count). The maximum Gasteiger partial charge on any atom is 0.220 e. The van der Waals surface area contributed by atoms with Crippen LogP contribution in [0, 0.1) is 17.2 Å². The molecular weight excluding hydrogens is 685 g/mol. The summed E-state index contributed by atoms with van der Waals surface area (Å²) in [6, 6.07) is 20.1. The van der Waals surface area contributed by atoms with Crippen molar-refractivity contribution >= 4 is 29.1 Å². The Kier molecular flexibility index (Phi) is 11.0. The number of hydrogen-bond donors (Lipinski definition) is 2. The fourth-order valence-electron chi connectivity index (χ4n) is 7.23. The number of carbonyl (C=O) groups excluding carboxylic acids is 1. The normalized spacial score (nSPS) is 20.0. The van der Waals surface area contributed by atoms with Gasteiger partial charge in [-0.25, -0.2) is 0 Å². The summed E-state index contributed by atoms with van der Waals surface area (Å²) in [4.78, 5) is 18.2. The molecule has 1 unspecified atom stereocenters. The van der Waals surface area contributed by atoms with Crippen LogP contribution < -0.4 is 24.8 Å². The predicted molar refractivity (Wildman–Crippen MR) is 197 cm³/mol. The zero-order chi connectivity index (χ0) is 35.3. The lowest BCUT2D eigenvalue weighted by molar-refractivity contribution is -0.122. The predicted octanol–water partition coefficient (Wildman–Crippen LogP) is 7.27. The average molecular weight is 727 g/mol. The molecule has 0 spiro atoms. The number of aromatic nitrogens is 1. The van der Waals surface area contributed by atoms with Crippen molar-refractivity contribution in [3.63, 3.8) is 0 Å². The van der Waals surface area contributed by atoms with Crippen molar-refractivity contribution in [3.05, 3.63) is 105 Å². The number of hydrogen-bond acceptors (Lipinski definition) is 8. The van der Waals surface area contributed by atoms with Gasteiger partial charge in [0.1, 0.15) is 36.0 Å². The number of fused-ring (bicyclic) bond motifs is 1. The minimum Gasteiger partial charge on any atom is -0.492 e. The van der Waals surface area contributed by atoms with E-state index >= 15 is 0 Å². The molecule has 4 aromatic rings. The number of ether oxygens (including phenoxy) is 3. The number of amides is 1. The highest BCUT2D eigenvalue weighted by atomic mass is 35.5. The molecular formula is C40H41Cl2N5O4. The average Bonchev–Trinajstić information content (AvgIpc) is 3.76. The standard InChI is InChI=1S/C40H41Cl2N5O4/c1-47-13-12-25(22-47)23-49-36-7-3-6-33(40(36)42)30-4-2-5-32-31(30)9-10-35(32)51-38-16-37(50-24-27-14-26(17-43)18-44-19-27)28(15-34(38)41)20-45-29-8-11-39(48)46-21-29/h2-7,14-16,18-19,25,29,35,45H,8-13,20-24H2,1H3,(H,46,48)/t25?,29-,35-/m0/s1. The zero-order valence-electron chi connectivity index (χ0n) is 28.6. The van der Waals surface area contributed by atoms with Gasteiger partial charge in [0.05, 0.1) is 22.2 Å². The molecule has 3 aliphatic rings. The molecule has 3 aromatic carbocycles. The molecule has 3 atom stereocenters. The number of rotatable bonds is 12. The summed E-state index contributed by atoms with van der Waals surface area (Å²) in [7, 11) is 2.15. The van der Waals surface area contributed by atoms with E-state index in [1.54, 1.807) is 12.3 Å². The number of benzene rings is 3. The second kappa shape index (κ2) is 15.9. The van der Waals surface area contributed by atoms with E-state index in [0.29, 0.717) is 64.9 Å². The summed E-state index contributed by atoms with van der Waals surface area (Å²) in [6.07, 6.45) is 6.99. The van der Waals surface area contributed by atoms with E-state index in [1.165, 1.54) is 11.8 Å². The molecule has 0 radical (unpaired) electrons. The lowest BCUT2D eigenvalue weighted by atomic mass is 9.96. The van der Waals surface area contributed by atoms with Crippen LogP contribution in [0.25, 0.3) is 11.1 Å². The molecule has 11 heteroatoms. The van der Waals surface area contributed by atoms with E-state index in [0.717, 1.165) is 66.6 Å². The molecule has 51 heavy (non-hydrogen) atoms. The van der Waals surface area contributed by atoms with Gasteiger partial charge in [0.2, 0.25) is 5.91 Å². The largest absolute Gasteiger partial charge is 0.492 e. The SMILES string of the molecule is CN1CCC(COc2cccc(-c3cccc4c3CC[C@@H]4Oc3cc(OCc4cncc(C#N)c4)c(CN[C@H]4CCC(=O)NC4)cc3Cl)c2Cl)C1. The topological polar surface area (TPSA) is 109 Å². The molecule has 3 heterocycles. The third kappa shape index (κ3) is 8.26. The molecule has 1 aromatic heterocycles. The van der Waals surface area contributed by atoms with Gasteiger partial charge in [0.25, 0.3) is 0 Å². The quantitative estimate of drug-likeness (QED) is 0.157. The first-order valence-corrected chi connectivity index (χ1v) is 18.3. The van der Waals surface area contributed by atoms with Crippen molar-refractivity contribution in [1.82, 2.24) is 20.5 Å². The van der Waals surface area contributed by atoms with Crippen LogP contribution in [0.3, 0.4) is 0 Å². The van der Waals surface area contributed by atoms with Gasteiger partial charge in [0.15, 0.2) is 0 Å². The van der Waals surface area contributed by atoms with Crippen molar-refractivity contribution in [2.24, 2.45) is 5.92 Å². The van der Waals surface area contributed by atoms with Crippen molar-refractivity contribution in [2.45, 2.75) is 57.4 Å². The van der Waals surface area contributed by atoms with Gasteiger partial charge < -0.3 is 29.7 Å². The van der Waals surface area contributed by atoms with Gasteiger partial charge in [-0.1, -0.05) is 53.5 Å². The molecule has 1 aliphatic carbocycles. The summed E-state index contributed by atoms with van der Waals surface area (Å²) in [5.41, 5.74) is 6.45. The summed E-state index contributed by atoms with van der Waals surface area (Å²) < 4.78 is 19.3. The van der Waals surface area contributed by atoms with Crippen molar-refractivity contribution < 1.29 is 19.0 Å². The summed E-state index contributed by atoms with van der Waals surface area (Å²) in [6.45, 7) is 4.06.